The molecule has 3 nitrogen and oxygen atoms in total. The van der Waals surface area contributed by atoms with Gasteiger partial charge in [-0.15, -0.1) is 0 Å². The Morgan fingerprint density at radius 1 is 1.53 bits per heavy atom. The fourth-order valence-electron chi connectivity index (χ4n) is 1.54. The summed E-state index contributed by atoms with van der Waals surface area (Å²) in [6.45, 7) is 2.74. The van der Waals surface area contributed by atoms with Crippen molar-refractivity contribution in [3.8, 4) is 0 Å². The normalized spacial score (nSPS) is 12.6. The first kappa shape index (κ1) is 12.3. The average molecular weight is 298 g/mol. The molecule has 1 atom stereocenters. The zero-order chi connectivity index (χ0) is 12.3. The van der Waals surface area contributed by atoms with Crippen LogP contribution in [0.1, 0.15) is 24.2 Å². The molecule has 0 bridgehead atoms. The summed E-state index contributed by atoms with van der Waals surface area (Å²) in [5, 5.41) is 3.33. The van der Waals surface area contributed by atoms with E-state index in [2.05, 4.69) is 31.2 Å². The Hall–Kier alpha value is -1.20. The van der Waals surface area contributed by atoms with E-state index in [0.717, 1.165) is 11.3 Å². The Bertz CT molecular complexity index is 485. The van der Waals surface area contributed by atoms with Gasteiger partial charge in [-0.2, -0.15) is 0 Å². The molecule has 1 aromatic carbocycles. The van der Waals surface area contributed by atoms with Gasteiger partial charge in [0, 0.05) is 24.5 Å². The van der Waals surface area contributed by atoms with Gasteiger partial charge in [0.25, 0.3) is 0 Å². The van der Waals surface area contributed by atoms with E-state index in [1.165, 1.54) is 6.07 Å². The zero-order valence-corrected chi connectivity index (χ0v) is 11.0. The molecular formula is C12H13BrFN3. The van der Waals surface area contributed by atoms with Gasteiger partial charge >= 0.3 is 0 Å². The third-order valence-electron chi connectivity index (χ3n) is 2.60. The number of halogens is 2. The Morgan fingerprint density at radius 3 is 3.00 bits per heavy atom. The van der Waals surface area contributed by atoms with Crippen LogP contribution in [0.15, 0.2) is 35.2 Å². The van der Waals surface area contributed by atoms with Crippen molar-refractivity contribution in [1.82, 2.24) is 15.3 Å². The fraction of sp³-hybridized carbons (Fsp3) is 0.250. The molecule has 0 saturated heterocycles. The molecule has 0 aliphatic heterocycles. The summed E-state index contributed by atoms with van der Waals surface area (Å²) in [4.78, 5) is 6.97. The third kappa shape index (κ3) is 3.14. The first-order chi connectivity index (χ1) is 8.16. The molecule has 0 aliphatic rings. The molecule has 0 fully saturated rings. The molecule has 1 heterocycles. The molecule has 17 heavy (non-hydrogen) atoms. The lowest BCUT2D eigenvalue weighted by Gasteiger charge is -2.14. The topological polar surface area (TPSA) is 40.7 Å². The maximum absolute atomic E-state index is 13.1. The molecule has 5 heteroatoms. The maximum Gasteiger partial charge on any atom is 0.137 e. The highest BCUT2D eigenvalue weighted by atomic mass is 79.9. The molecule has 0 aliphatic carbocycles. The number of imidazole rings is 1. The van der Waals surface area contributed by atoms with E-state index in [-0.39, 0.29) is 11.9 Å². The second kappa shape index (κ2) is 5.42. The Labute approximate surface area is 108 Å². The van der Waals surface area contributed by atoms with Crippen LogP contribution < -0.4 is 5.32 Å². The minimum atomic E-state index is -0.241. The van der Waals surface area contributed by atoms with Crippen molar-refractivity contribution < 1.29 is 4.39 Å². The van der Waals surface area contributed by atoms with Crippen LogP contribution in [0.4, 0.5) is 4.39 Å². The molecule has 1 aromatic heterocycles. The second-order valence-electron chi connectivity index (χ2n) is 3.85. The molecule has 0 radical (unpaired) electrons. The van der Waals surface area contributed by atoms with Gasteiger partial charge in [0.2, 0.25) is 0 Å². The van der Waals surface area contributed by atoms with Gasteiger partial charge in [0.15, 0.2) is 0 Å². The van der Waals surface area contributed by atoms with Gasteiger partial charge in [0.05, 0.1) is 10.8 Å². The lowest BCUT2D eigenvalue weighted by Crippen LogP contribution is -2.18. The quantitative estimate of drug-likeness (QED) is 0.910. The maximum atomic E-state index is 13.1. The van der Waals surface area contributed by atoms with Crippen LogP contribution in [0.5, 0.6) is 0 Å². The highest BCUT2D eigenvalue weighted by molar-refractivity contribution is 9.10. The second-order valence-corrected chi connectivity index (χ2v) is 4.71. The van der Waals surface area contributed by atoms with Crippen molar-refractivity contribution in [3.63, 3.8) is 0 Å². The van der Waals surface area contributed by atoms with E-state index in [9.17, 15) is 4.39 Å². The Balaban J connectivity index is 1.99. The van der Waals surface area contributed by atoms with E-state index in [0.29, 0.717) is 11.0 Å². The number of hydrogen-bond acceptors (Lipinski definition) is 2. The van der Waals surface area contributed by atoms with Crippen LogP contribution in [0.25, 0.3) is 0 Å². The first-order valence-electron chi connectivity index (χ1n) is 5.32. The van der Waals surface area contributed by atoms with Crippen LogP contribution in [-0.4, -0.2) is 9.97 Å². The van der Waals surface area contributed by atoms with Crippen molar-refractivity contribution in [2.24, 2.45) is 0 Å². The minimum absolute atomic E-state index is 0.148. The van der Waals surface area contributed by atoms with Gasteiger partial charge in [-0.3, -0.25) is 0 Å². The fourth-order valence-corrected chi connectivity index (χ4v) is 1.94. The highest BCUT2D eigenvalue weighted by Gasteiger charge is 2.07. The van der Waals surface area contributed by atoms with Crippen molar-refractivity contribution >= 4 is 15.9 Å². The van der Waals surface area contributed by atoms with Gasteiger partial charge in [-0.25, -0.2) is 9.37 Å². The Kier molecular flexibility index (Phi) is 3.91. The van der Waals surface area contributed by atoms with Gasteiger partial charge in [-0.1, -0.05) is 6.07 Å². The lowest BCUT2D eigenvalue weighted by molar-refractivity contribution is 0.564. The van der Waals surface area contributed by atoms with Crippen molar-refractivity contribution in [2.45, 2.75) is 19.5 Å². The number of nitrogens with zero attached hydrogens (tertiary/aromatic N) is 1. The predicted molar refractivity (Wildman–Crippen MR) is 67.9 cm³/mol. The summed E-state index contributed by atoms with van der Waals surface area (Å²) in [7, 11) is 0. The molecule has 90 valence electrons. The standard InChI is InChI=1S/C12H13BrFN3/c1-8(16-6-10-5-15-7-17-10)9-2-3-12(14)11(13)4-9/h2-5,7-8,16H,6H2,1H3,(H,15,17). The molecule has 0 amide bonds. The van der Waals surface area contributed by atoms with Crippen LogP contribution in [-0.2, 0) is 6.54 Å². The van der Waals surface area contributed by atoms with Crippen LogP contribution in [0.2, 0.25) is 0 Å². The minimum Gasteiger partial charge on any atom is -0.347 e. The summed E-state index contributed by atoms with van der Waals surface area (Å²) >= 11 is 3.19. The average Bonchev–Trinajstić information content (AvgIpc) is 2.82. The van der Waals surface area contributed by atoms with Crippen LogP contribution >= 0.6 is 15.9 Å². The van der Waals surface area contributed by atoms with Crippen LogP contribution in [0.3, 0.4) is 0 Å². The van der Waals surface area contributed by atoms with Gasteiger partial charge in [0.1, 0.15) is 5.82 Å². The predicted octanol–water partition coefficient (Wildman–Crippen LogP) is 3.16. The molecule has 1 unspecified atom stereocenters. The number of aromatic amines is 1. The van der Waals surface area contributed by atoms with E-state index >= 15 is 0 Å². The molecule has 2 aromatic rings. The lowest BCUT2D eigenvalue weighted by atomic mass is 10.1. The number of aromatic nitrogens is 2. The molecule has 2 N–H and O–H groups in total. The van der Waals surface area contributed by atoms with Crippen molar-refractivity contribution in [2.75, 3.05) is 0 Å². The van der Waals surface area contributed by atoms with E-state index < -0.39 is 0 Å². The molecule has 0 saturated carbocycles. The summed E-state index contributed by atoms with van der Waals surface area (Å²) in [5.74, 6) is -0.241. The number of H-pyrrole nitrogens is 1. The summed E-state index contributed by atoms with van der Waals surface area (Å²) in [5.41, 5.74) is 2.07. The first-order valence-corrected chi connectivity index (χ1v) is 6.11. The van der Waals surface area contributed by atoms with Gasteiger partial charge < -0.3 is 10.3 Å². The number of rotatable bonds is 4. The zero-order valence-electron chi connectivity index (χ0n) is 9.37. The summed E-state index contributed by atoms with van der Waals surface area (Å²) in [6.07, 6.45) is 3.43. The van der Waals surface area contributed by atoms with Gasteiger partial charge in [-0.05, 0) is 40.5 Å². The monoisotopic (exact) mass is 297 g/mol. The summed E-state index contributed by atoms with van der Waals surface area (Å²) < 4.78 is 13.6. The molecule has 0 spiro atoms. The van der Waals surface area contributed by atoms with Crippen molar-refractivity contribution in [3.05, 3.63) is 52.3 Å². The van der Waals surface area contributed by atoms with E-state index in [1.54, 1.807) is 24.7 Å². The number of benzene rings is 1. The van der Waals surface area contributed by atoms with Crippen LogP contribution in [0, 0.1) is 5.82 Å². The highest BCUT2D eigenvalue weighted by Crippen LogP contribution is 2.21. The molecule has 2 rings (SSSR count). The summed E-state index contributed by atoms with van der Waals surface area (Å²) in [6, 6.07) is 5.19. The van der Waals surface area contributed by atoms with Crippen molar-refractivity contribution in [1.29, 1.82) is 0 Å². The van der Waals surface area contributed by atoms with E-state index in [1.807, 2.05) is 6.92 Å². The third-order valence-corrected chi connectivity index (χ3v) is 3.20. The smallest absolute Gasteiger partial charge is 0.137 e. The largest absolute Gasteiger partial charge is 0.347 e. The number of nitrogens with one attached hydrogen (secondary N) is 2. The number of hydrogen-bond donors (Lipinski definition) is 2. The van der Waals surface area contributed by atoms with E-state index in [4.69, 9.17) is 0 Å². The SMILES string of the molecule is CC(NCc1cnc[nH]1)c1ccc(F)c(Br)c1. The Morgan fingerprint density at radius 2 is 2.35 bits per heavy atom. The molecular weight excluding hydrogens is 285 g/mol.